The minimum Gasteiger partial charge on any atom is -1.00 e. The van der Waals surface area contributed by atoms with Crippen molar-refractivity contribution in [3.63, 3.8) is 0 Å². The summed E-state index contributed by atoms with van der Waals surface area (Å²) in [6.07, 6.45) is -1.07. The van der Waals surface area contributed by atoms with Gasteiger partial charge >= 0.3 is 43.9 Å². The summed E-state index contributed by atoms with van der Waals surface area (Å²) in [4.78, 5) is 12.8. The summed E-state index contributed by atoms with van der Waals surface area (Å²) in [5.41, 5.74) is 0. The zero-order valence-corrected chi connectivity index (χ0v) is 6.79. The van der Waals surface area contributed by atoms with Gasteiger partial charge in [0.15, 0.2) is 0 Å². The van der Waals surface area contributed by atoms with Gasteiger partial charge in [-0.3, -0.25) is 4.89 Å². The first-order valence-electron chi connectivity index (χ1n) is 1.79. The Morgan fingerprint density at radius 2 is 2.38 bits per heavy atom. The molecule has 8 heavy (non-hydrogen) atoms. The van der Waals surface area contributed by atoms with E-state index in [4.69, 9.17) is 5.26 Å². The number of rotatable bonds is 1. The van der Waals surface area contributed by atoms with Crippen LogP contribution in [-0.4, -0.2) is 55.8 Å². The summed E-state index contributed by atoms with van der Waals surface area (Å²) in [6.45, 7) is 1.82. The number of ether oxygens (including phenoxy) is 1. The van der Waals surface area contributed by atoms with Gasteiger partial charge in [-0.05, 0) is 6.92 Å². The largest absolute Gasteiger partial charge is 2.00 e. The summed E-state index contributed by atoms with van der Waals surface area (Å²) in [7, 11) is 0. The molecule has 1 N–H and O–H groups in total. The molecule has 0 atom stereocenters. The van der Waals surface area contributed by atoms with Crippen molar-refractivity contribution in [2.75, 3.05) is 6.61 Å². The van der Waals surface area contributed by atoms with Crippen molar-refractivity contribution in [3.05, 3.63) is 0 Å². The first-order valence-corrected chi connectivity index (χ1v) is 1.79. The summed E-state index contributed by atoms with van der Waals surface area (Å²) >= 11 is 0. The van der Waals surface area contributed by atoms with Gasteiger partial charge in [0.05, 0.1) is 6.61 Å². The molecule has 0 aromatic carbocycles. The molecule has 0 unspecified atom stereocenters. The van der Waals surface area contributed by atoms with Gasteiger partial charge < -0.3 is 7.59 Å². The van der Waals surface area contributed by atoms with Crippen LogP contribution in [0.5, 0.6) is 0 Å². The molecule has 0 aliphatic rings. The number of hydrogen-bond donors (Lipinski definition) is 1. The smallest absolute Gasteiger partial charge is 1.00 e. The van der Waals surface area contributed by atoms with E-state index in [1.165, 1.54) is 0 Å². The Labute approximate surface area is 79.7 Å². The number of carbonyl (C=O) groups excluding carboxylic acids is 1. The van der Waals surface area contributed by atoms with E-state index in [-0.39, 0.29) is 47.2 Å². The Morgan fingerprint density at radius 1 is 1.88 bits per heavy atom. The molecule has 0 aromatic rings. The third kappa shape index (κ3) is 6.49. The third-order valence-electron chi connectivity index (χ3n) is 0.337. The summed E-state index contributed by atoms with van der Waals surface area (Å²) < 4.78 is 4.08. The summed E-state index contributed by atoms with van der Waals surface area (Å²) in [6, 6.07) is 0. The van der Waals surface area contributed by atoms with Gasteiger partial charge in [0.2, 0.25) is 0 Å². The van der Waals surface area contributed by atoms with E-state index in [2.05, 4.69) is 9.62 Å². The van der Waals surface area contributed by atoms with E-state index in [1.807, 2.05) is 0 Å². The van der Waals surface area contributed by atoms with Crippen LogP contribution in [0.4, 0.5) is 4.79 Å². The normalized spacial score (nSPS) is 6.75. The molecule has 0 aromatic heterocycles. The van der Waals surface area contributed by atoms with Crippen LogP contribution in [0, 0.1) is 0 Å². The van der Waals surface area contributed by atoms with Gasteiger partial charge in [-0.25, -0.2) is 4.79 Å². The first-order chi connectivity index (χ1) is 3.31. The van der Waals surface area contributed by atoms with E-state index in [9.17, 15) is 4.79 Å². The second-order valence-electron chi connectivity index (χ2n) is 0.774. The van der Waals surface area contributed by atoms with Crippen LogP contribution in [-0.2, 0) is 9.62 Å². The van der Waals surface area contributed by atoms with Crippen LogP contribution in [0.15, 0.2) is 0 Å². The maximum Gasteiger partial charge on any atom is 2.00 e. The molecular formula is C3H8CaO4. The SMILES string of the molecule is CCOC(=O)OO.[Ca+2].[H-].[H-]. The fraction of sp³-hybridized carbons (Fsp3) is 0.667. The van der Waals surface area contributed by atoms with E-state index < -0.39 is 6.16 Å². The van der Waals surface area contributed by atoms with Gasteiger partial charge in [0.1, 0.15) is 0 Å². The van der Waals surface area contributed by atoms with E-state index in [0.717, 1.165) is 0 Å². The zero-order valence-electron chi connectivity index (χ0n) is 6.59. The predicted molar refractivity (Wildman–Crippen MR) is 28.7 cm³/mol. The Balaban J connectivity index is -0.0000000600. The molecule has 0 amide bonds. The molecule has 0 aliphatic carbocycles. The zero-order chi connectivity index (χ0) is 5.70. The van der Waals surface area contributed by atoms with Crippen molar-refractivity contribution in [1.82, 2.24) is 0 Å². The van der Waals surface area contributed by atoms with Crippen LogP contribution in [0.2, 0.25) is 0 Å². The third-order valence-corrected chi connectivity index (χ3v) is 0.337. The quantitative estimate of drug-likeness (QED) is 0.254. The Kier molecular flexibility index (Phi) is 10.6. The van der Waals surface area contributed by atoms with Crippen molar-refractivity contribution in [2.24, 2.45) is 0 Å². The fourth-order valence-corrected chi connectivity index (χ4v) is 0.144. The minimum absolute atomic E-state index is 0. The first kappa shape index (κ1) is 11.3. The maximum atomic E-state index is 9.72. The maximum absolute atomic E-state index is 9.72. The summed E-state index contributed by atoms with van der Waals surface area (Å²) in [5, 5.41) is 7.49. The second-order valence-corrected chi connectivity index (χ2v) is 0.774. The molecule has 0 bridgehead atoms. The average Bonchev–Trinajstić information content (AvgIpc) is 1.68. The molecular weight excluding hydrogens is 140 g/mol. The van der Waals surface area contributed by atoms with Crippen molar-refractivity contribution in [3.8, 4) is 0 Å². The standard InChI is InChI=1S/C3H6O4.Ca.2H/c1-2-6-3(4)7-5;;;/h5H,2H2,1H3;;;/q;+2;2*-1. The number of hydrogen-bond acceptors (Lipinski definition) is 4. The fourth-order valence-electron chi connectivity index (χ4n) is 0.144. The molecule has 4 nitrogen and oxygen atoms in total. The molecule has 0 spiro atoms. The van der Waals surface area contributed by atoms with Crippen LogP contribution >= 0.6 is 0 Å². The molecule has 0 radical (unpaired) electrons. The number of carbonyl (C=O) groups is 1. The van der Waals surface area contributed by atoms with E-state index in [0.29, 0.717) is 0 Å². The second kappa shape index (κ2) is 7.49. The van der Waals surface area contributed by atoms with Gasteiger partial charge in [0, 0.05) is 0 Å². The van der Waals surface area contributed by atoms with Crippen LogP contribution in [0.1, 0.15) is 9.78 Å². The van der Waals surface area contributed by atoms with E-state index >= 15 is 0 Å². The molecule has 5 heteroatoms. The van der Waals surface area contributed by atoms with Crippen LogP contribution in [0.25, 0.3) is 0 Å². The molecule has 0 saturated carbocycles. The van der Waals surface area contributed by atoms with Gasteiger partial charge in [0.25, 0.3) is 0 Å². The average molecular weight is 148 g/mol. The Bertz CT molecular complexity index is 71.5. The topological polar surface area (TPSA) is 55.8 Å². The Morgan fingerprint density at radius 3 is 2.50 bits per heavy atom. The molecule has 0 heterocycles. The van der Waals surface area contributed by atoms with Crippen LogP contribution in [0.3, 0.4) is 0 Å². The van der Waals surface area contributed by atoms with Crippen LogP contribution < -0.4 is 0 Å². The monoisotopic (exact) mass is 148 g/mol. The van der Waals surface area contributed by atoms with Gasteiger partial charge in [-0.15, -0.1) is 0 Å². The van der Waals surface area contributed by atoms with Crippen molar-refractivity contribution in [1.29, 1.82) is 0 Å². The summed E-state index contributed by atoms with van der Waals surface area (Å²) in [5.74, 6) is 0. The van der Waals surface area contributed by atoms with Gasteiger partial charge in [-0.1, -0.05) is 0 Å². The molecule has 0 rings (SSSR count). The molecule has 46 valence electrons. The molecule has 0 fully saturated rings. The molecule has 0 aliphatic heterocycles. The van der Waals surface area contributed by atoms with Crippen molar-refractivity contribution in [2.45, 2.75) is 6.92 Å². The van der Waals surface area contributed by atoms with Crippen molar-refractivity contribution < 1.29 is 22.5 Å². The predicted octanol–water partition coefficient (Wildman–Crippen LogP) is 0.477. The van der Waals surface area contributed by atoms with Crippen molar-refractivity contribution >= 4 is 43.9 Å². The van der Waals surface area contributed by atoms with Gasteiger partial charge in [-0.2, -0.15) is 5.26 Å². The minimum atomic E-state index is -1.07. The van der Waals surface area contributed by atoms with E-state index in [1.54, 1.807) is 6.92 Å². The molecule has 0 saturated heterocycles. The Hall–Kier alpha value is 0.490.